The summed E-state index contributed by atoms with van der Waals surface area (Å²) in [6.07, 6.45) is 0.555. The zero-order valence-corrected chi connectivity index (χ0v) is 20.1. The Hall–Kier alpha value is -0.970. The summed E-state index contributed by atoms with van der Waals surface area (Å²) in [6.45, 7) is 13.0. The number of carbonyl (C=O) groups is 1. The van der Waals surface area contributed by atoms with Gasteiger partial charge in [0.1, 0.15) is 0 Å². The summed E-state index contributed by atoms with van der Waals surface area (Å²) >= 11 is 0. The van der Waals surface area contributed by atoms with Gasteiger partial charge in [0.15, 0.2) is 0 Å². The van der Waals surface area contributed by atoms with E-state index >= 15 is 0 Å². The fraction of sp³-hybridized carbons (Fsp3) is 0.955. The van der Waals surface area contributed by atoms with Crippen LogP contribution < -0.4 is 0 Å². The lowest BCUT2D eigenvalue weighted by Gasteiger charge is -2.35. The molecule has 184 valence electrons. The van der Waals surface area contributed by atoms with Crippen LogP contribution >= 0.6 is 0 Å². The van der Waals surface area contributed by atoms with Gasteiger partial charge >= 0.3 is 6.09 Å². The molecule has 1 aliphatic rings. The number of hydrogen-bond donors (Lipinski definition) is 3. The van der Waals surface area contributed by atoms with Crippen LogP contribution in [0.5, 0.6) is 0 Å². The first-order chi connectivity index (χ1) is 14.8. The molecule has 1 rings (SSSR count). The first kappa shape index (κ1) is 28.1. The van der Waals surface area contributed by atoms with E-state index in [0.29, 0.717) is 65.1 Å². The van der Waals surface area contributed by atoms with Crippen molar-refractivity contribution in [2.24, 2.45) is 0 Å². The summed E-state index contributed by atoms with van der Waals surface area (Å²) in [5.41, 5.74) is 0. The van der Waals surface area contributed by atoms with Gasteiger partial charge in [0.05, 0.1) is 25.4 Å². The van der Waals surface area contributed by atoms with E-state index in [0.717, 1.165) is 26.2 Å². The zero-order valence-electron chi connectivity index (χ0n) is 20.1. The van der Waals surface area contributed by atoms with E-state index < -0.39 is 12.2 Å². The van der Waals surface area contributed by atoms with E-state index in [1.165, 1.54) is 7.11 Å². The van der Waals surface area contributed by atoms with Gasteiger partial charge in [-0.2, -0.15) is 0 Å². The molecule has 0 aromatic carbocycles. The predicted molar refractivity (Wildman–Crippen MR) is 122 cm³/mol. The van der Waals surface area contributed by atoms with Gasteiger partial charge in [-0.05, 0) is 19.3 Å². The highest BCUT2D eigenvalue weighted by Crippen LogP contribution is 2.06. The third kappa shape index (κ3) is 11.5. The molecule has 0 aliphatic carbocycles. The molecule has 1 amide bonds. The Morgan fingerprint density at radius 1 is 0.677 bits per heavy atom. The Kier molecular flexibility index (Phi) is 14.3. The minimum atomic E-state index is -0.403. The predicted octanol–water partition coefficient (Wildman–Crippen LogP) is 0.287. The van der Waals surface area contributed by atoms with Crippen LogP contribution in [0, 0.1) is 0 Å². The quantitative estimate of drug-likeness (QED) is 0.465. The number of hydrogen-bond acceptors (Lipinski definition) is 8. The second-order valence-electron chi connectivity index (χ2n) is 8.55. The second kappa shape index (κ2) is 15.8. The number of ether oxygens (including phenoxy) is 1. The van der Waals surface area contributed by atoms with Gasteiger partial charge in [-0.1, -0.05) is 20.8 Å². The Labute approximate surface area is 188 Å². The van der Waals surface area contributed by atoms with Crippen molar-refractivity contribution >= 4 is 6.09 Å². The van der Waals surface area contributed by atoms with Crippen molar-refractivity contribution in [1.82, 2.24) is 19.6 Å². The van der Waals surface area contributed by atoms with E-state index in [1.54, 1.807) is 4.90 Å². The first-order valence-corrected chi connectivity index (χ1v) is 11.9. The van der Waals surface area contributed by atoms with Crippen LogP contribution in [-0.2, 0) is 4.74 Å². The van der Waals surface area contributed by atoms with E-state index in [4.69, 9.17) is 4.74 Å². The zero-order chi connectivity index (χ0) is 23.2. The van der Waals surface area contributed by atoms with Crippen LogP contribution in [0.15, 0.2) is 0 Å². The van der Waals surface area contributed by atoms with Crippen molar-refractivity contribution < 1.29 is 24.9 Å². The number of methoxy groups -OCH3 is 1. The van der Waals surface area contributed by atoms with Crippen LogP contribution in [0.3, 0.4) is 0 Å². The van der Waals surface area contributed by atoms with Crippen molar-refractivity contribution in [2.75, 3.05) is 79.1 Å². The van der Waals surface area contributed by atoms with Gasteiger partial charge < -0.3 is 25.0 Å². The molecule has 3 unspecified atom stereocenters. The molecule has 9 nitrogen and oxygen atoms in total. The molecule has 1 fully saturated rings. The van der Waals surface area contributed by atoms with Gasteiger partial charge in [0.2, 0.25) is 0 Å². The lowest BCUT2D eigenvalue weighted by molar-refractivity contribution is 0.0541. The average molecular weight is 447 g/mol. The lowest BCUT2D eigenvalue weighted by Crippen LogP contribution is -2.50. The molecule has 3 atom stereocenters. The Morgan fingerprint density at radius 2 is 0.968 bits per heavy atom. The molecule has 3 N–H and O–H groups in total. The standard InChI is InChI=1S/C22H46N4O5/c1-5-19(27)16-23-8-10-24(17-20(28)6-2)12-14-26(22(30)31-4)15-13-25(11-9-23)18-21(29)7-3/h19-21,27-29H,5-18H2,1-4H3. The van der Waals surface area contributed by atoms with E-state index in [9.17, 15) is 20.1 Å². The van der Waals surface area contributed by atoms with Crippen LogP contribution in [0.4, 0.5) is 4.79 Å². The maximum atomic E-state index is 12.3. The molecule has 0 aromatic heterocycles. The highest BCUT2D eigenvalue weighted by Gasteiger charge is 2.22. The molecule has 0 spiro atoms. The minimum absolute atomic E-state index is 0.350. The fourth-order valence-corrected chi connectivity index (χ4v) is 3.68. The Balaban J connectivity index is 2.95. The highest BCUT2D eigenvalue weighted by molar-refractivity contribution is 5.67. The molecule has 1 heterocycles. The fourth-order valence-electron chi connectivity index (χ4n) is 3.68. The number of amides is 1. The molecule has 31 heavy (non-hydrogen) atoms. The summed E-state index contributed by atoms with van der Waals surface area (Å²) in [6, 6.07) is 0. The summed E-state index contributed by atoms with van der Waals surface area (Å²) < 4.78 is 4.98. The van der Waals surface area contributed by atoms with Crippen molar-refractivity contribution in [3.63, 3.8) is 0 Å². The molecule has 0 bridgehead atoms. The maximum Gasteiger partial charge on any atom is 0.409 e. The maximum absolute atomic E-state index is 12.3. The SMILES string of the molecule is CCC(O)CN1CCN(CC(O)CC)CCN(C(=O)OC)CCN(CC(O)CC)CC1. The highest BCUT2D eigenvalue weighted by atomic mass is 16.5. The largest absolute Gasteiger partial charge is 0.453 e. The van der Waals surface area contributed by atoms with Gasteiger partial charge in [0, 0.05) is 72.0 Å². The molecule has 0 saturated carbocycles. The van der Waals surface area contributed by atoms with Gasteiger partial charge in [-0.25, -0.2) is 4.79 Å². The number of rotatable bonds is 9. The van der Waals surface area contributed by atoms with Crippen LogP contribution in [-0.4, -0.2) is 138 Å². The summed E-state index contributed by atoms with van der Waals surface area (Å²) in [5.74, 6) is 0. The van der Waals surface area contributed by atoms with Gasteiger partial charge in [-0.3, -0.25) is 14.7 Å². The van der Waals surface area contributed by atoms with Crippen molar-refractivity contribution in [3.8, 4) is 0 Å². The van der Waals surface area contributed by atoms with Crippen molar-refractivity contribution in [2.45, 2.75) is 58.3 Å². The van der Waals surface area contributed by atoms with E-state index in [1.807, 2.05) is 20.8 Å². The molecule has 1 saturated heterocycles. The normalized spacial score (nSPS) is 21.7. The molecule has 0 aromatic rings. The molecule has 0 radical (unpaired) electrons. The Bertz CT molecular complexity index is 457. The lowest BCUT2D eigenvalue weighted by atomic mass is 10.2. The third-order valence-corrected chi connectivity index (χ3v) is 6.09. The summed E-state index contributed by atoms with van der Waals surface area (Å²) in [5, 5.41) is 30.6. The average Bonchev–Trinajstić information content (AvgIpc) is 2.77. The van der Waals surface area contributed by atoms with E-state index in [2.05, 4.69) is 14.7 Å². The number of aliphatic hydroxyl groups is 3. The minimum Gasteiger partial charge on any atom is -0.453 e. The van der Waals surface area contributed by atoms with E-state index in [-0.39, 0.29) is 12.2 Å². The number of carbonyl (C=O) groups excluding carboxylic acids is 1. The topological polar surface area (TPSA) is 100.0 Å². The van der Waals surface area contributed by atoms with Crippen molar-refractivity contribution in [1.29, 1.82) is 0 Å². The monoisotopic (exact) mass is 446 g/mol. The number of β-amino-alcohol motifs (C(OH)–C–C–N with tert-alkyl or cyclic N) is 3. The smallest absolute Gasteiger partial charge is 0.409 e. The van der Waals surface area contributed by atoms with Crippen LogP contribution in [0.2, 0.25) is 0 Å². The summed E-state index contributed by atoms with van der Waals surface area (Å²) in [4.78, 5) is 20.6. The number of aliphatic hydroxyl groups excluding tert-OH is 3. The van der Waals surface area contributed by atoms with Gasteiger partial charge in [-0.15, -0.1) is 0 Å². The molecule has 9 heteroatoms. The molecule has 1 aliphatic heterocycles. The molecular formula is C22H46N4O5. The molecular weight excluding hydrogens is 400 g/mol. The number of nitrogens with zero attached hydrogens (tertiary/aromatic N) is 4. The summed E-state index contributed by atoms with van der Waals surface area (Å²) in [7, 11) is 1.40. The van der Waals surface area contributed by atoms with Crippen LogP contribution in [0.1, 0.15) is 40.0 Å². The van der Waals surface area contributed by atoms with Crippen LogP contribution in [0.25, 0.3) is 0 Å². The second-order valence-corrected chi connectivity index (χ2v) is 8.55. The first-order valence-electron chi connectivity index (χ1n) is 11.9. The third-order valence-electron chi connectivity index (χ3n) is 6.09. The Morgan fingerprint density at radius 3 is 1.23 bits per heavy atom. The van der Waals surface area contributed by atoms with Gasteiger partial charge in [0.25, 0.3) is 0 Å². The van der Waals surface area contributed by atoms with Crippen molar-refractivity contribution in [3.05, 3.63) is 0 Å².